The second-order valence-corrected chi connectivity index (χ2v) is 5.96. The number of nitrogens with zero attached hydrogens (tertiary/aromatic N) is 3. The van der Waals surface area contributed by atoms with Gasteiger partial charge in [-0.15, -0.1) is 0 Å². The highest BCUT2D eigenvalue weighted by Gasteiger charge is 2.38. The van der Waals surface area contributed by atoms with Gasteiger partial charge >= 0.3 is 18.1 Å². The summed E-state index contributed by atoms with van der Waals surface area (Å²) < 4.78 is 41.7. The summed E-state index contributed by atoms with van der Waals surface area (Å²) >= 11 is 0. The molecule has 10 heteroatoms. The molecule has 2 amide bonds. The van der Waals surface area contributed by atoms with Crippen molar-refractivity contribution in [1.82, 2.24) is 20.5 Å². The van der Waals surface area contributed by atoms with E-state index in [1.807, 2.05) is 0 Å². The number of halogens is 3. The normalized spacial score (nSPS) is 14.3. The van der Waals surface area contributed by atoms with E-state index in [2.05, 4.69) is 20.0 Å². The zero-order chi connectivity index (χ0) is 18.7. The van der Waals surface area contributed by atoms with Crippen LogP contribution in [0.2, 0.25) is 0 Å². The number of nitrogens with one attached hydrogen (secondary N) is 1. The molecule has 0 saturated heterocycles. The van der Waals surface area contributed by atoms with Gasteiger partial charge in [0.15, 0.2) is 0 Å². The number of carbonyl (C=O) groups excluding carboxylic acids is 1. The van der Waals surface area contributed by atoms with Crippen molar-refractivity contribution in [3.63, 3.8) is 0 Å². The van der Waals surface area contributed by atoms with Crippen LogP contribution in [0.1, 0.15) is 24.3 Å². The van der Waals surface area contributed by atoms with Crippen LogP contribution in [0.3, 0.4) is 0 Å². The Kier molecular flexibility index (Phi) is 5.12. The van der Waals surface area contributed by atoms with Gasteiger partial charge in [-0.05, 0) is 24.3 Å². The molecule has 140 valence electrons. The van der Waals surface area contributed by atoms with Crippen LogP contribution in [-0.4, -0.2) is 34.9 Å². The molecule has 1 saturated carbocycles. The van der Waals surface area contributed by atoms with Crippen molar-refractivity contribution in [2.45, 2.75) is 25.6 Å². The molecule has 2 aromatic rings. The number of urea groups is 1. The molecule has 1 fully saturated rings. The average molecular weight is 370 g/mol. The third-order valence-corrected chi connectivity index (χ3v) is 3.89. The lowest BCUT2D eigenvalue weighted by Crippen LogP contribution is -2.40. The smallest absolute Gasteiger partial charge is 0.332 e. The zero-order valence-corrected chi connectivity index (χ0v) is 13.9. The summed E-state index contributed by atoms with van der Waals surface area (Å²) in [5.74, 6) is -1.04. The number of aromatic nitrogens is 2. The SMILES string of the molecule is CON(CC1CC1)C(=O)NCc1ccc(-c2noc(C(F)(F)F)n2)cc1. The lowest BCUT2D eigenvalue weighted by molar-refractivity contribution is -0.159. The number of hydrogen-bond acceptors (Lipinski definition) is 5. The van der Waals surface area contributed by atoms with Crippen LogP contribution in [-0.2, 0) is 17.6 Å². The molecule has 0 bridgehead atoms. The van der Waals surface area contributed by atoms with Crippen LogP contribution in [0.25, 0.3) is 11.4 Å². The van der Waals surface area contributed by atoms with Gasteiger partial charge in [0.1, 0.15) is 0 Å². The van der Waals surface area contributed by atoms with Gasteiger partial charge in [-0.1, -0.05) is 29.4 Å². The predicted molar refractivity (Wildman–Crippen MR) is 83.4 cm³/mol. The Hall–Kier alpha value is -2.62. The summed E-state index contributed by atoms with van der Waals surface area (Å²) in [5, 5.41) is 7.34. The maximum atomic E-state index is 12.5. The molecule has 1 aliphatic carbocycles. The zero-order valence-electron chi connectivity index (χ0n) is 13.9. The van der Waals surface area contributed by atoms with Crippen LogP contribution >= 0.6 is 0 Å². The van der Waals surface area contributed by atoms with Crippen molar-refractivity contribution < 1.29 is 27.3 Å². The molecular weight excluding hydrogens is 353 g/mol. The van der Waals surface area contributed by atoms with E-state index >= 15 is 0 Å². The minimum Gasteiger partial charge on any atom is -0.332 e. The summed E-state index contributed by atoms with van der Waals surface area (Å²) in [6, 6.07) is 6.11. The van der Waals surface area contributed by atoms with E-state index in [9.17, 15) is 18.0 Å². The number of hydroxylamine groups is 2. The summed E-state index contributed by atoms with van der Waals surface area (Å²) in [7, 11) is 1.44. The Labute approximate surface area is 147 Å². The minimum atomic E-state index is -4.68. The van der Waals surface area contributed by atoms with Gasteiger partial charge in [0.05, 0.1) is 13.7 Å². The van der Waals surface area contributed by atoms with Gasteiger partial charge in [0, 0.05) is 12.1 Å². The van der Waals surface area contributed by atoms with Crippen molar-refractivity contribution in [1.29, 1.82) is 0 Å². The molecule has 0 atom stereocenters. The fourth-order valence-corrected chi connectivity index (χ4v) is 2.27. The molecule has 1 N–H and O–H groups in total. The van der Waals surface area contributed by atoms with Gasteiger partial charge in [-0.3, -0.25) is 4.84 Å². The summed E-state index contributed by atoms with van der Waals surface area (Å²) in [5.41, 5.74) is 1.15. The Balaban J connectivity index is 1.57. The van der Waals surface area contributed by atoms with Crippen LogP contribution in [0.4, 0.5) is 18.0 Å². The average Bonchev–Trinajstić information content (AvgIpc) is 3.28. The molecule has 0 spiro atoms. The van der Waals surface area contributed by atoms with E-state index < -0.39 is 12.1 Å². The third-order valence-electron chi connectivity index (χ3n) is 3.89. The number of benzene rings is 1. The number of amides is 2. The monoisotopic (exact) mass is 370 g/mol. The van der Waals surface area contributed by atoms with Gasteiger partial charge in [0.25, 0.3) is 0 Å². The fraction of sp³-hybridized carbons (Fsp3) is 0.438. The second-order valence-electron chi connectivity index (χ2n) is 5.96. The van der Waals surface area contributed by atoms with Gasteiger partial charge in [-0.2, -0.15) is 18.2 Å². The first kappa shape index (κ1) is 18.2. The Bertz CT molecular complexity index is 757. The molecular formula is C16H17F3N4O3. The molecule has 1 aliphatic rings. The standard InChI is InChI=1S/C16H17F3N4O3/c1-25-23(9-11-2-3-11)15(24)20-8-10-4-6-12(7-5-10)13-21-14(26-22-13)16(17,18)19/h4-7,11H,2-3,8-9H2,1H3,(H,20,24). The van der Waals surface area contributed by atoms with Crippen molar-refractivity contribution in [2.24, 2.45) is 5.92 Å². The lowest BCUT2D eigenvalue weighted by atomic mass is 10.1. The van der Waals surface area contributed by atoms with E-state index in [1.54, 1.807) is 24.3 Å². The number of alkyl halides is 3. The molecule has 1 aromatic carbocycles. The molecule has 1 heterocycles. The van der Waals surface area contributed by atoms with Crippen molar-refractivity contribution in [3.05, 3.63) is 35.7 Å². The van der Waals surface area contributed by atoms with E-state index in [4.69, 9.17) is 4.84 Å². The van der Waals surface area contributed by atoms with Crippen LogP contribution in [0.15, 0.2) is 28.8 Å². The summed E-state index contributed by atoms with van der Waals surface area (Å²) in [6.07, 6.45) is -2.48. The third kappa shape index (κ3) is 4.51. The maximum Gasteiger partial charge on any atom is 0.471 e. The van der Waals surface area contributed by atoms with Gasteiger partial charge in [0.2, 0.25) is 5.82 Å². The fourth-order valence-electron chi connectivity index (χ4n) is 2.27. The van der Waals surface area contributed by atoms with Crippen molar-refractivity contribution >= 4 is 6.03 Å². The predicted octanol–water partition coefficient (Wildman–Crippen LogP) is 3.24. The van der Waals surface area contributed by atoms with E-state index in [0.717, 1.165) is 18.4 Å². The first-order valence-electron chi connectivity index (χ1n) is 7.96. The first-order valence-corrected chi connectivity index (χ1v) is 7.96. The van der Waals surface area contributed by atoms with Gasteiger partial charge in [-0.25, -0.2) is 9.86 Å². The highest BCUT2D eigenvalue weighted by Crippen LogP contribution is 2.30. The Morgan fingerprint density at radius 1 is 1.35 bits per heavy atom. The number of hydrogen-bond donors (Lipinski definition) is 1. The molecule has 3 rings (SSSR count). The van der Waals surface area contributed by atoms with Crippen molar-refractivity contribution in [3.8, 4) is 11.4 Å². The minimum absolute atomic E-state index is 0.150. The van der Waals surface area contributed by atoms with E-state index in [1.165, 1.54) is 12.2 Å². The highest BCUT2D eigenvalue weighted by molar-refractivity contribution is 5.73. The number of carbonyl (C=O) groups is 1. The molecule has 26 heavy (non-hydrogen) atoms. The van der Waals surface area contributed by atoms with Crippen LogP contribution in [0, 0.1) is 5.92 Å². The van der Waals surface area contributed by atoms with E-state index in [-0.39, 0.29) is 18.4 Å². The first-order chi connectivity index (χ1) is 12.4. The van der Waals surface area contributed by atoms with Crippen molar-refractivity contribution in [2.75, 3.05) is 13.7 Å². The van der Waals surface area contributed by atoms with Crippen LogP contribution < -0.4 is 5.32 Å². The number of rotatable bonds is 6. The largest absolute Gasteiger partial charge is 0.471 e. The highest BCUT2D eigenvalue weighted by atomic mass is 19.4. The quantitative estimate of drug-likeness (QED) is 0.790. The maximum absolute atomic E-state index is 12.5. The van der Waals surface area contributed by atoms with E-state index in [0.29, 0.717) is 18.0 Å². The Morgan fingerprint density at radius 2 is 2.04 bits per heavy atom. The lowest BCUT2D eigenvalue weighted by Gasteiger charge is -2.19. The topological polar surface area (TPSA) is 80.5 Å². The Morgan fingerprint density at radius 3 is 2.58 bits per heavy atom. The molecule has 7 nitrogen and oxygen atoms in total. The summed E-state index contributed by atoms with van der Waals surface area (Å²) in [4.78, 5) is 20.4. The summed E-state index contributed by atoms with van der Waals surface area (Å²) in [6.45, 7) is 0.810. The van der Waals surface area contributed by atoms with Crippen LogP contribution in [0.5, 0.6) is 0 Å². The molecule has 1 aromatic heterocycles. The molecule has 0 unspecified atom stereocenters. The van der Waals surface area contributed by atoms with Gasteiger partial charge < -0.3 is 9.84 Å². The molecule has 0 radical (unpaired) electrons. The molecule has 0 aliphatic heterocycles. The second kappa shape index (κ2) is 7.32.